The first-order valence-corrected chi connectivity index (χ1v) is 8.86. The Balaban J connectivity index is 2.10. The summed E-state index contributed by atoms with van der Waals surface area (Å²) in [4.78, 5) is 2.16. The standard InChI is InChI=1S/C15H23NO3S/c1-15(13-17,14-6-3-2-4-7-14)12-16-8-5-10-20(18,19)11-9-16/h2-4,6-7,17H,5,8-13H2,1H3. The summed E-state index contributed by atoms with van der Waals surface area (Å²) < 4.78 is 23.3. The number of hydrogen-bond acceptors (Lipinski definition) is 4. The molecule has 1 aliphatic heterocycles. The molecule has 0 saturated carbocycles. The summed E-state index contributed by atoms with van der Waals surface area (Å²) in [6.07, 6.45) is 0.679. The van der Waals surface area contributed by atoms with Crippen LogP contribution >= 0.6 is 0 Å². The smallest absolute Gasteiger partial charge is 0.151 e. The average molecular weight is 297 g/mol. The Hall–Kier alpha value is -0.910. The molecule has 0 bridgehead atoms. The average Bonchev–Trinajstić information content (AvgIpc) is 2.61. The molecule has 0 aliphatic carbocycles. The molecule has 1 heterocycles. The van der Waals surface area contributed by atoms with Crippen molar-refractivity contribution >= 4 is 9.84 Å². The van der Waals surface area contributed by atoms with Gasteiger partial charge in [-0.25, -0.2) is 8.42 Å². The Morgan fingerprint density at radius 2 is 1.90 bits per heavy atom. The first-order valence-electron chi connectivity index (χ1n) is 7.04. The van der Waals surface area contributed by atoms with Gasteiger partial charge in [-0.1, -0.05) is 37.3 Å². The Kier molecular flexibility index (Phi) is 4.83. The van der Waals surface area contributed by atoms with Crippen LogP contribution in [0.1, 0.15) is 18.9 Å². The Bertz CT molecular complexity index is 529. The van der Waals surface area contributed by atoms with Gasteiger partial charge in [0.05, 0.1) is 18.1 Å². The van der Waals surface area contributed by atoms with Crippen LogP contribution in [0.25, 0.3) is 0 Å². The molecule has 1 unspecified atom stereocenters. The zero-order valence-corrected chi connectivity index (χ0v) is 12.8. The summed E-state index contributed by atoms with van der Waals surface area (Å²) >= 11 is 0. The second-order valence-corrected chi connectivity index (χ2v) is 8.17. The Morgan fingerprint density at radius 1 is 1.20 bits per heavy atom. The minimum atomic E-state index is -2.88. The van der Waals surface area contributed by atoms with Crippen LogP contribution in [0.2, 0.25) is 0 Å². The minimum Gasteiger partial charge on any atom is -0.395 e. The van der Waals surface area contributed by atoms with Crippen molar-refractivity contribution in [3.05, 3.63) is 35.9 Å². The SMILES string of the molecule is CC(CO)(CN1CCCS(=O)(=O)CC1)c1ccccc1. The third-order valence-corrected chi connectivity index (χ3v) is 5.76. The van der Waals surface area contributed by atoms with Crippen molar-refractivity contribution in [1.29, 1.82) is 0 Å². The van der Waals surface area contributed by atoms with Gasteiger partial charge in [0.15, 0.2) is 9.84 Å². The van der Waals surface area contributed by atoms with Crippen LogP contribution in [0.4, 0.5) is 0 Å². The first-order chi connectivity index (χ1) is 9.45. The minimum absolute atomic E-state index is 0.0558. The molecule has 0 spiro atoms. The fourth-order valence-electron chi connectivity index (χ4n) is 2.71. The molecular weight excluding hydrogens is 274 g/mol. The maximum atomic E-state index is 11.6. The highest BCUT2D eigenvalue weighted by atomic mass is 32.2. The van der Waals surface area contributed by atoms with Crippen LogP contribution in [-0.4, -0.2) is 56.2 Å². The Morgan fingerprint density at radius 3 is 2.55 bits per heavy atom. The Labute approximate surface area is 121 Å². The number of hydrogen-bond donors (Lipinski definition) is 1. The van der Waals surface area contributed by atoms with Crippen molar-refractivity contribution in [2.75, 3.05) is 37.7 Å². The van der Waals surface area contributed by atoms with E-state index in [9.17, 15) is 13.5 Å². The van der Waals surface area contributed by atoms with E-state index in [-0.39, 0.29) is 23.5 Å². The number of aliphatic hydroxyl groups is 1. The van der Waals surface area contributed by atoms with Gasteiger partial charge in [0.2, 0.25) is 0 Å². The molecule has 0 amide bonds. The molecule has 1 fully saturated rings. The van der Waals surface area contributed by atoms with E-state index in [1.807, 2.05) is 37.3 Å². The van der Waals surface area contributed by atoms with Crippen molar-refractivity contribution in [2.24, 2.45) is 0 Å². The van der Waals surface area contributed by atoms with Gasteiger partial charge in [-0.3, -0.25) is 0 Å². The summed E-state index contributed by atoms with van der Waals surface area (Å²) in [5, 5.41) is 9.80. The third kappa shape index (κ3) is 3.81. The van der Waals surface area contributed by atoms with Gasteiger partial charge in [-0.15, -0.1) is 0 Å². The van der Waals surface area contributed by atoms with Crippen molar-refractivity contribution in [3.8, 4) is 0 Å². The number of sulfone groups is 1. The predicted molar refractivity (Wildman–Crippen MR) is 80.6 cm³/mol. The molecule has 5 heteroatoms. The van der Waals surface area contributed by atoms with E-state index in [2.05, 4.69) is 4.90 Å². The van der Waals surface area contributed by atoms with E-state index in [1.165, 1.54) is 0 Å². The van der Waals surface area contributed by atoms with Crippen molar-refractivity contribution < 1.29 is 13.5 Å². The van der Waals surface area contributed by atoms with Gasteiger partial charge in [-0.2, -0.15) is 0 Å². The summed E-state index contributed by atoms with van der Waals surface area (Å²) in [7, 11) is -2.88. The van der Waals surface area contributed by atoms with Crippen molar-refractivity contribution in [1.82, 2.24) is 4.90 Å². The molecule has 112 valence electrons. The number of aliphatic hydroxyl groups excluding tert-OH is 1. The highest BCUT2D eigenvalue weighted by molar-refractivity contribution is 7.91. The largest absolute Gasteiger partial charge is 0.395 e. The van der Waals surface area contributed by atoms with E-state index in [0.29, 0.717) is 19.5 Å². The molecule has 20 heavy (non-hydrogen) atoms. The zero-order valence-electron chi connectivity index (χ0n) is 12.0. The van der Waals surface area contributed by atoms with Gasteiger partial charge in [0.1, 0.15) is 0 Å². The lowest BCUT2D eigenvalue weighted by Gasteiger charge is -2.34. The van der Waals surface area contributed by atoms with E-state index in [4.69, 9.17) is 0 Å². The van der Waals surface area contributed by atoms with Gasteiger partial charge >= 0.3 is 0 Å². The van der Waals surface area contributed by atoms with Crippen LogP contribution in [0.15, 0.2) is 30.3 Å². The summed E-state index contributed by atoms with van der Waals surface area (Å²) in [6.45, 7) is 4.11. The number of nitrogens with zero attached hydrogens (tertiary/aromatic N) is 1. The molecule has 0 aromatic heterocycles. The maximum absolute atomic E-state index is 11.6. The van der Waals surface area contributed by atoms with Crippen molar-refractivity contribution in [2.45, 2.75) is 18.8 Å². The lowest BCUT2D eigenvalue weighted by molar-refractivity contribution is 0.149. The fraction of sp³-hybridized carbons (Fsp3) is 0.600. The van der Waals surface area contributed by atoms with Crippen LogP contribution in [0.3, 0.4) is 0 Å². The zero-order chi connectivity index (χ0) is 14.6. The van der Waals surface area contributed by atoms with Gasteiger partial charge in [-0.05, 0) is 18.5 Å². The van der Waals surface area contributed by atoms with Gasteiger partial charge in [0.25, 0.3) is 0 Å². The highest BCUT2D eigenvalue weighted by Crippen LogP contribution is 2.25. The fourth-order valence-corrected chi connectivity index (χ4v) is 4.02. The molecule has 1 aliphatic rings. The lowest BCUT2D eigenvalue weighted by Crippen LogP contribution is -2.42. The van der Waals surface area contributed by atoms with Crippen LogP contribution in [-0.2, 0) is 15.3 Å². The third-order valence-electron chi connectivity index (χ3n) is 4.04. The van der Waals surface area contributed by atoms with E-state index in [1.54, 1.807) is 0 Å². The normalized spacial score (nSPS) is 22.9. The van der Waals surface area contributed by atoms with Crippen molar-refractivity contribution in [3.63, 3.8) is 0 Å². The van der Waals surface area contributed by atoms with Gasteiger partial charge in [0, 0.05) is 18.5 Å². The number of benzene rings is 1. The summed E-state index contributed by atoms with van der Waals surface area (Å²) in [6, 6.07) is 9.93. The quantitative estimate of drug-likeness (QED) is 0.903. The second-order valence-electron chi connectivity index (χ2n) is 5.87. The predicted octanol–water partition coefficient (Wildman–Crippen LogP) is 1.06. The first kappa shape index (κ1) is 15.5. The molecule has 1 atom stereocenters. The maximum Gasteiger partial charge on any atom is 0.151 e. The number of rotatable bonds is 4. The molecule has 1 saturated heterocycles. The summed E-state index contributed by atoms with van der Waals surface area (Å²) in [5.41, 5.74) is 0.740. The second kappa shape index (κ2) is 6.24. The molecule has 1 aromatic carbocycles. The molecule has 2 rings (SSSR count). The monoisotopic (exact) mass is 297 g/mol. The van der Waals surface area contributed by atoms with E-state index < -0.39 is 9.84 Å². The molecular formula is C15H23NO3S. The topological polar surface area (TPSA) is 57.6 Å². The highest BCUT2D eigenvalue weighted by Gasteiger charge is 2.30. The molecule has 4 nitrogen and oxygen atoms in total. The molecule has 1 N–H and O–H groups in total. The van der Waals surface area contributed by atoms with Gasteiger partial charge < -0.3 is 10.0 Å². The lowest BCUT2D eigenvalue weighted by atomic mass is 9.82. The molecule has 0 radical (unpaired) electrons. The summed E-state index contributed by atoms with van der Waals surface area (Å²) in [5.74, 6) is 0.508. The van der Waals surface area contributed by atoms with Crippen LogP contribution in [0, 0.1) is 0 Å². The van der Waals surface area contributed by atoms with E-state index >= 15 is 0 Å². The van der Waals surface area contributed by atoms with Crippen LogP contribution < -0.4 is 0 Å². The van der Waals surface area contributed by atoms with E-state index in [0.717, 1.165) is 12.1 Å². The van der Waals surface area contributed by atoms with Crippen LogP contribution in [0.5, 0.6) is 0 Å². The molecule has 1 aromatic rings.